The Bertz CT molecular complexity index is 335. The summed E-state index contributed by atoms with van der Waals surface area (Å²) in [5.74, 6) is 0.165. The Morgan fingerprint density at radius 2 is 1.94 bits per heavy atom. The van der Waals surface area contributed by atoms with E-state index in [1.807, 2.05) is 23.1 Å². The molecule has 1 rings (SSSR count). The molecule has 0 fully saturated rings. The molecular formula is C14H22N2O. The van der Waals surface area contributed by atoms with Gasteiger partial charge in [0.15, 0.2) is 0 Å². The number of carbonyl (C=O) groups excluding carboxylic acids is 1. The molecule has 0 aliphatic carbocycles. The minimum Gasteiger partial charge on any atom is -0.339 e. The molecule has 0 spiro atoms. The molecular weight excluding hydrogens is 212 g/mol. The first-order chi connectivity index (χ1) is 8.15. The van der Waals surface area contributed by atoms with E-state index in [0.717, 1.165) is 13.0 Å². The minimum atomic E-state index is 0.165. The smallest absolute Gasteiger partial charge is 0.236 e. The van der Waals surface area contributed by atoms with Crippen LogP contribution in [0.3, 0.4) is 0 Å². The standard InChI is InChI=1S/C14H22N2O/c1-12(2)16(14(17)11-15-3)10-9-13-7-5-4-6-8-13/h4-8,12,15H,9-11H2,1-3H3. The highest BCUT2D eigenvalue weighted by atomic mass is 16.2. The predicted molar refractivity (Wildman–Crippen MR) is 70.9 cm³/mol. The first-order valence-corrected chi connectivity index (χ1v) is 6.13. The monoisotopic (exact) mass is 234 g/mol. The van der Waals surface area contributed by atoms with Crippen LogP contribution in [0.15, 0.2) is 30.3 Å². The molecule has 1 aromatic carbocycles. The van der Waals surface area contributed by atoms with Gasteiger partial charge in [0.1, 0.15) is 0 Å². The minimum absolute atomic E-state index is 0.165. The van der Waals surface area contributed by atoms with Crippen molar-refractivity contribution in [2.45, 2.75) is 26.3 Å². The third-order valence-corrected chi connectivity index (χ3v) is 2.76. The number of amides is 1. The maximum Gasteiger partial charge on any atom is 0.236 e. The van der Waals surface area contributed by atoms with Crippen molar-refractivity contribution in [3.8, 4) is 0 Å². The molecule has 3 nitrogen and oxygen atoms in total. The third-order valence-electron chi connectivity index (χ3n) is 2.76. The number of hydrogen-bond donors (Lipinski definition) is 1. The van der Waals surface area contributed by atoms with Crippen LogP contribution in [0.5, 0.6) is 0 Å². The second kappa shape index (κ2) is 7.07. The lowest BCUT2D eigenvalue weighted by molar-refractivity contribution is -0.131. The Balaban J connectivity index is 2.53. The van der Waals surface area contributed by atoms with E-state index in [-0.39, 0.29) is 11.9 Å². The summed E-state index contributed by atoms with van der Waals surface area (Å²) in [5, 5.41) is 2.91. The van der Waals surface area contributed by atoms with E-state index in [1.165, 1.54) is 5.56 Å². The fourth-order valence-electron chi connectivity index (χ4n) is 1.82. The number of rotatable bonds is 6. The van der Waals surface area contributed by atoms with Crippen LogP contribution in [-0.4, -0.2) is 37.0 Å². The third kappa shape index (κ3) is 4.57. The topological polar surface area (TPSA) is 32.3 Å². The quantitative estimate of drug-likeness (QED) is 0.812. The van der Waals surface area contributed by atoms with E-state index in [2.05, 4.69) is 31.3 Å². The van der Waals surface area contributed by atoms with Gasteiger partial charge < -0.3 is 10.2 Å². The van der Waals surface area contributed by atoms with Crippen molar-refractivity contribution in [3.63, 3.8) is 0 Å². The van der Waals surface area contributed by atoms with E-state index in [0.29, 0.717) is 6.54 Å². The Hall–Kier alpha value is -1.35. The van der Waals surface area contributed by atoms with E-state index >= 15 is 0 Å². The lowest BCUT2D eigenvalue weighted by atomic mass is 10.1. The number of likely N-dealkylation sites (N-methyl/N-ethyl adjacent to an activating group) is 1. The van der Waals surface area contributed by atoms with Crippen LogP contribution in [0.25, 0.3) is 0 Å². The fourth-order valence-corrected chi connectivity index (χ4v) is 1.82. The number of hydrogen-bond acceptors (Lipinski definition) is 2. The molecule has 1 aromatic rings. The molecule has 94 valence electrons. The zero-order valence-electron chi connectivity index (χ0n) is 10.9. The first-order valence-electron chi connectivity index (χ1n) is 6.13. The molecule has 1 amide bonds. The van der Waals surface area contributed by atoms with Crippen LogP contribution < -0.4 is 5.32 Å². The molecule has 1 N–H and O–H groups in total. The Labute approximate surface area is 104 Å². The van der Waals surface area contributed by atoms with E-state index in [4.69, 9.17) is 0 Å². The van der Waals surface area contributed by atoms with Crippen molar-refractivity contribution < 1.29 is 4.79 Å². The van der Waals surface area contributed by atoms with Gasteiger partial charge in [-0.25, -0.2) is 0 Å². The molecule has 0 unspecified atom stereocenters. The van der Waals surface area contributed by atoms with Crippen molar-refractivity contribution in [3.05, 3.63) is 35.9 Å². The van der Waals surface area contributed by atoms with Gasteiger partial charge in [-0.1, -0.05) is 30.3 Å². The Morgan fingerprint density at radius 3 is 2.47 bits per heavy atom. The van der Waals surface area contributed by atoms with Gasteiger partial charge in [0, 0.05) is 12.6 Å². The number of nitrogens with zero attached hydrogens (tertiary/aromatic N) is 1. The Morgan fingerprint density at radius 1 is 1.29 bits per heavy atom. The lowest BCUT2D eigenvalue weighted by Gasteiger charge is -2.26. The zero-order chi connectivity index (χ0) is 12.7. The molecule has 3 heteroatoms. The summed E-state index contributed by atoms with van der Waals surface area (Å²) in [6.07, 6.45) is 0.911. The van der Waals surface area contributed by atoms with E-state index in [9.17, 15) is 4.79 Å². The van der Waals surface area contributed by atoms with Gasteiger partial charge in [0.05, 0.1) is 6.54 Å². The normalized spacial score (nSPS) is 10.6. The second-order valence-electron chi connectivity index (χ2n) is 4.45. The van der Waals surface area contributed by atoms with Crippen molar-refractivity contribution in [1.82, 2.24) is 10.2 Å². The van der Waals surface area contributed by atoms with Gasteiger partial charge in [-0.3, -0.25) is 4.79 Å². The summed E-state index contributed by atoms with van der Waals surface area (Å²) in [6, 6.07) is 10.5. The lowest BCUT2D eigenvalue weighted by Crippen LogP contribution is -2.42. The maximum atomic E-state index is 11.9. The fraction of sp³-hybridized carbons (Fsp3) is 0.500. The maximum absolute atomic E-state index is 11.9. The van der Waals surface area contributed by atoms with Crippen molar-refractivity contribution in [2.24, 2.45) is 0 Å². The van der Waals surface area contributed by atoms with Crippen LogP contribution in [-0.2, 0) is 11.2 Å². The summed E-state index contributed by atoms with van der Waals surface area (Å²) in [4.78, 5) is 13.8. The van der Waals surface area contributed by atoms with Crippen LogP contribution in [0.1, 0.15) is 19.4 Å². The highest BCUT2D eigenvalue weighted by molar-refractivity contribution is 5.78. The molecule has 0 aromatic heterocycles. The van der Waals surface area contributed by atoms with Gasteiger partial charge in [-0.2, -0.15) is 0 Å². The van der Waals surface area contributed by atoms with Gasteiger partial charge >= 0.3 is 0 Å². The largest absolute Gasteiger partial charge is 0.339 e. The molecule has 0 atom stereocenters. The molecule has 0 saturated heterocycles. The van der Waals surface area contributed by atoms with Crippen LogP contribution >= 0.6 is 0 Å². The summed E-state index contributed by atoms with van der Waals surface area (Å²) in [7, 11) is 1.80. The number of benzene rings is 1. The second-order valence-corrected chi connectivity index (χ2v) is 4.45. The van der Waals surface area contributed by atoms with E-state index in [1.54, 1.807) is 7.05 Å². The average Bonchev–Trinajstić information content (AvgIpc) is 2.30. The summed E-state index contributed by atoms with van der Waals surface area (Å²) >= 11 is 0. The zero-order valence-corrected chi connectivity index (χ0v) is 10.9. The predicted octanol–water partition coefficient (Wildman–Crippen LogP) is 1.69. The summed E-state index contributed by atoms with van der Waals surface area (Å²) in [6.45, 7) is 5.30. The van der Waals surface area contributed by atoms with Gasteiger partial charge in [-0.15, -0.1) is 0 Å². The molecule has 0 radical (unpaired) electrons. The molecule has 0 bridgehead atoms. The molecule has 0 heterocycles. The van der Waals surface area contributed by atoms with Crippen molar-refractivity contribution >= 4 is 5.91 Å². The highest BCUT2D eigenvalue weighted by Gasteiger charge is 2.15. The highest BCUT2D eigenvalue weighted by Crippen LogP contribution is 2.04. The van der Waals surface area contributed by atoms with Crippen LogP contribution in [0.4, 0.5) is 0 Å². The SMILES string of the molecule is CNCC(=O)N(CCc1ccccc1)C(C)C. The number of nitrogens with one attached hydrogen (secondary N) is 1. The van der Waals surface area contributed by atoms with Crippen LogP contribution in [0.2, 0.25) is 0 Å². The summed E-state index contributed by atoms with van der Waals surface area (Å²) < 4.78 is 0. The molecule has 0 aliphatic heterocycles. The van der Waals surface area contributed by atoms with Crippen molar-refractivity contribution in [1.29, 1.82) is 0 Å². The van der Waals surface area contributed by atoms with Gasteiger partial charge in [0.25, 0.3) is 0 Å². The van der Waals surface area contributed by atoms with Gasteiger partial charge in [-0.05, 0) is 32.9 Å². The molecule has 17 heavy (non-hydrogen) atoms. The average molecular weight is 234 g/mol. The first kappa shape index (κ1) is 13.7. The Kier molecular flexibility index (Phi) is 5.70. The summed E-state index contributed by atoms with van der Waals surface area (Å²) in [5.41, 5.74) is 1.27. The van der Waals surface area contributed by atoms with E-state index < -0.39 is 0 Å². The number of carbonyl (C=O) groups is 1. The van der Waals surface area contributed by atoms with Crippen LogP contribution in [0, 0.1) is 0 Å². The van der Waals surface area contributed by atoms with Crippen molar-refractivity contribution in [2.75, 3.05) is 20.1 Å². The molecule has 0 saturated carbocycles. The molecule has 0 aliphatic rings. The van der Waals surface area contributed by atoms with Gasteiger partial charge in [0.2, 0.25) is 5.91 Å².